The SMILES string of the molecule is O=C(Nc1ccc(N2CCCCC2)nc1)NC(CN1CCCC1=O)c1ccccc1. The van der Waals surface area contributed by atoms with E-state index >= 15 is 0 Å². The Morgan fingerprint density at radius 3 is 2.47 bits per heavy atom. The van der Waals surface area contributed by atoms with Crippen LogP contribution in [0, 0.1) is 0 Å². The van der Waals surface area contributed by atoms with Crippen molar-refractivity contribution < 1.29 is 9.59 Å². The number of hydrogen-bond donors (Lipinski definition) is 2. The molecule has 2 aliphatic rings. The lowest BCUT2D eigenvalue weighted by atomic mass is 10.1. The summed E-state index contributed by atoms with van der Waals surface area (Å²) >= 11 is 0. The number of carbonyl (C=O) groups excluding carboxylic acids is 2. The van der Waals surface area contributed by atoms with Crippen LogP contribution < -0.4 is 15.5 Å². The molecule has 2 saturated heterocycles. The quantitative estimate of drug-likeness (QED) is 0.768. The molecule has 0 aliphatic carbocycles. The first-order valence-corrected chi connectivity index (χ1v) is 10.8. The predicted molar refractivity (Wildman–Crippen MR) is 117 cm³/mol. The fraction of sp³-hybridized carbons (Fsp3) is 0.435. The highest BCUT2D eigenvalue weighted by atomic mass is 16.2. The van der Waals surface area contributed by atoms with Gasteiger partial charge in [-0.3, -0.25) is 4.79 Å². The topological polar surface area (TPSA) is 77.6 Å². The maximum absolute atomic E-state index is 12.7. The summed E-state index contributed by atoms with van der Waals surface area (Å²) in [5.74, 6) is 1.10. The standard InChI is InChI=1S/C23H29N5O2/c29-22-10-7-15-28(22)17-20(18-8-3-1-4-9-18)26-23(30)25-19-11-12-21(24-16-19)27-13-5-2-6-14-27/h1,3-4,8-9,11-12,16,20H,2,5-7,10,13-15,17H2,(H2,25,26,30). The van der Waals surface area contributed by atoms with Crippen LogP contribution >= 0.6 is 0 Å². The van der Waals surface area contributed by atoms with Gasteiger partial charge in [-0.25, -0.2) is 9.78 Å². The van der Waals surface area contributed by atoms with E-state index in [1.54, 1.807) is 6.20 Å². The molecule has 30 heavy (non-hydrogen) atoms. The molecule has 158 valence electrons. The van der Waals surface area contributed by atoms with E-state index in [4.69, 9.17) is 0 Å². The zero-order chi connectivity index (χ0) is 20.8. The summed E-state index contributed by atoms with van der Waals surface area (Å²) in [6.45, 7) is 3.29. The summed E-state index contributed by atoms with van der Waals surface area (Å²) in [6, 6.07) is 13.0. The fourth-order valence-corrected chi connectivity index (χ4v) is 4.13. The van der Waals surface area contributed by atoms with Gasteiger partial charge in [0.1, 0.15) is 5.82 Å². The van der Waals surface area contributed by atoms with Gasteiger partial charge in [-0.15, -0.1) is 0 Å². The lowest BCUT2D eigenvalue weighted by Gasteiger charge is -2.27. The van der Waals surface area contributed by atoms with Crippen LogP contribution in [0.2, 0.25) is 0 Å². The minimum atomic E-state index is -0.303. The first kappa shape index (κ1) is 20.2. The predicted octanol–water partition coefficient (Wildman–Crippen LogP) is 3.56. The van der Waals surface area contributed by atoms with Crippen molar-refractivity contribution in [1.82, 2.24) is 15.2 Å². The van der Waals surface area contributed by atoms with Crippen LogP contribution in [0.4, 0.5) is 16.3 Å². The number of pyridine rings is 1. The molecule has 7 heteroatoms. The fourth-order valence-electron chi connectivity index (χ4n) is 4.13. The minimum Gasteiger partial charge on any atom is -0.357 e. The molecule has 0 spiro atoms. The van der Waals surface area contributed by atoms with Crippen molar-refractivity contribution in [2.75, 3.05) is 36.4 Å². The van der Waals surface area contributed by atoms with Gasteiger partial charge in [-0.2, -0.15) is 0 Å². The minimum absolute atomic E-state index is 0.149. The van der Waals surface area contributed by atoms with Crippen molar-refractivity contribution in [2.24, 2.45) is 0 Å². The molecule has 1 unspecified atom stereocenters. The van der Waals surface area contributed by atoms with Gasteiger partial charge in [0.15, 0.2) is 0 Å². The van der Waals surface area contributed by atoms with Crippen LogP contribution in [0.5, 0.6) is 0 Å². The van der Waals surface area contributed by atoms with Crippen molar-refractivity contribution in [3.05, 3.63) is 54.2 Å². The number of hydrogen-bond acceptors (Lipinski definition) is 4. The molecule has 1 aromatic carbocycles. The van der Waals surface area contributed by atoms with E-state index in [2.05, 4.69) is 20.5 Å². The molecule has 0 saturated carbocycles. The maximum Gasteiger partial charge on any atom is 0.319 e. The third kappa shape index (κ3) is 5.09. The van der Waals surface area contributed by atoms with E-state index in [0.29, 0.717) is 18.7 Å². The first-order chi connectivity index (χ1) is 14.7. The Hall–Kier alpha value is -3.09. The van der Waals surface area contributed by atoms with Crippen LogP contribution in [-0.4, -0.2) is 48.0 Å². The monoisotopic (exact) mass is 407 g/mol. The molecule has 7 nitrogen and oxygen atoms in total. The molecule has 2 fully saturated rings. The number of carbonyl (C=O) groups is 2. The highest BCUT2D eigenvalue weighted by Gasteiger charge is 2.25. The lowest BCUT2D eigenvalue weighted by Crippen LogP contribution is -2.40. The first-order valence-electron chi connectivity index (χ1n) is 10.8. The van der Waals surface area contributed by atoms with Crippen LogP contribution in [0.25, 0.3) is 0 Å². The number of nitrogens with one attached hydrogen (secondary N) is 2. The summed E-state index contributed by atoms with van der Waals surface area (Å²) < 4.78 is 0. The van der Waals surface area contributed by atoms with Crippen molar-refractivity contribution in [3.8, 4) is 0 Å². The second kappa shape index (κ2) is 9.61. The summed E-state index contributed by atoms with van der Waals surface area (Å²) in [5, 5.41) is 5.90. The second-order valence-corrected chi connectivity index (χ2v) is 7.96. The number of aromatic nitrogens is 1. The summed E-state index contributed by atoms with van der Waals surface area (Å²) in [7, 11) is 0. The Kier molecular flexibility index (Phi) is 6.47. The van der Waals surface area contributed by atoms with Crippen LogP contribution in [0.1, 0.15) is 43.7 Å². The highest BCUT2D eigenvalue weighted by molar-refractivity contribution is 5.89. The van der Waals surface area contributed by atoms with E-state index in [9.17, 15) is 9.59 Å². The van der Waals surface area contributed by atoms with Crippen molar-refractivity contribution >= 4 is 23.4 Å². The van der Waals surface area contributed by atoms with E-state index in [0.717, 1.165) is 37.4 Å². The largest absolute Gasteiger partial charge is 0.357 e. The Bertz CT molecular complexity index is 850. The average Bonchev–Trinajstić information content (AvgIpc) is 3.19. The zero-order valence-electron chi connectivity index (χ0n) is 17.2. The number of urea groups is 1. The number of likely N-dealkylation sites (tertiary alicyclic amines) is 1. The molecule has 1 atom stereocenters. The number of piperidine rings is 1. The van der Waals surface area contributed by atoms with Crippen molar-refractivity contribution in [1.29, 1.82) is 0 Å². The van der Waals surface area contributed by atoms with Gasteiger partial charge in [0, 0.05) is 32.6 Å². The molecular weight excluding hydrogens is 378 g/mol. The van der Waals surface area contributed by atoms with Gasteiger partial charge in [-0.1, -0.05) is 30.3 Å². The van der Waals surface area contributed by atoms with Gasteiger partial charge in [-0.05, 0) is 43.4 Å². The number of anilines is 2. The number of benzene rings is 1. The highest BCUT2D eigenvalue weighted by Crippen LogP contribution is 2.20. The van der Waals surface area contributed by atoms with Gasteiger partial charge in [0.2, 0.25) is 5.91 Å². The number of nitrogens with zero attached hydrogens (tertiary/aromatic N) is 3. The van der Waals surface area contributed by atoms with Crippen LogP contribution in [0.15, 0.2) is 48.7 Å². The summed E-state index contributed by atoms with van der Waals surface area (Å²) in [4.78, 5) is 33.4. The third-order valence-electron chi connectivity index (χ3n) is 5.77. The molecule has 2 aromatic rings. The van der Waals surface area contributed by atoms with Crippen molar-refractivity contribution in [2.45, 2.75) is 38.1 Å². The molecule has 2 aliphatic heterocycles. The maximum atomic E-state index is 12.7. The van der Waals surface area contributed by atoms with Gasteiger partial charge < -0.3 is 20.4 Å². The summed E-state index contributed by atoms with van der Waals surface area (Å²) in [6.07, 6.45) is 6.84. The van der Waals surface area contributed by atoms with E-state index in [1.807, 2.05) is 47.4 Å². The Morgan fingerprint density at radius 1 is 1.00 bits per heavy atom. The Morgan fingerprint density at radius 2 is 1.80 bits per heavy atom. The Labute approximate surface area is 177 Å². The number of rotatable bonds is 6. The lowest BCUT2D eigenvalue weighted by molar-refractivity contribution is -0.128. The van der Waals surface area contributed by atoms with Gasteiger partial charge in [0.25, 0.3) is 0 Å². The molecule has 1 aromatic heterocycles. The molecule has 4 rings (SSSR count). The van der Waals surface area contributed by atoms with Gasteiger partial charge >= 0.3 is 6.03 Å². The smallest absolute Gasteiger partial charge is 0.319 e. The molecule has 2 N–H and O–H groups in total. The Balaban J connectivity index is 1.39. The van der Waals surface area contributed by atoms with Crippen molar-refractivity contribution in [3.63, 3.8) is 0 Å². The van der Waals surface area contributed by atoms with E-state index in [-0.39, 0.29) is 18.0 Å². The average molecular weight is 408 g/mol. The van der Waals surface area contributed by atoms with Gasteiger partial charge in [0.05, 0.1) is 17.9 Å². The third-order valence-corrected chi connectivity index (χ3v) is 5.77. The van der Waals surface area contributed by atoms with Crippen LogP contribution in [0.3, 0.4) is 0 Å². The second-order valence-electron chi connectivity index (χ2n) is 7.96. The van der Waals surface area contributed by atoms with Crippen LogP contribution in [-0.2, 0) is 4.79 Å². The molecule has 3 heterocycles. The molecule has 3 amide bonds. The molecule has 0 bridgehead atoms. The molecular formula is C23H29N5O2. The summed E-state index contributed by atoms with van der Waals surface area (Å²) in [5.41, 5.74) is 1.63. The zero-order valence-corrected chi connectivity index (χ0v) is 17.2. The normalized spacial score (nSPS) is 17.7. The molecule has 0 radical (unpaired) electrons. The number of amides is 3. The van der Waals surface area contributed by atoms with E-state index < -0.39 is 0 Å². The van der Waals surface area contributed by atoms with E-state index in [1.165, 1.54) is 19.3 Å².